The highest BCUT2D eigenvalue weighted by molar-refractivity contribution is 6.08. The van der Waals surface area contributed by atoms with Crippen LogP contribution in [0.4, 0.5) is 0 Å². The standard InChI is InChI=1S/C16H14O5/c1-9-5-13(18)11-8-16(21-14(11)6-9)4-3-10(17)7-12(16)15(19)20-2/h3-7,18H,8H2,1-2H3/t16-/m1/s1. The lowest BCUT2D eigenvalue weighted by molar-refractivity contribution is -0.138. The van der Waals surface area contributed by atoms with E-state index in [-0.39, 0.29) is 23.5 Å². The first-order chi connectivity index (χ1) is 9.95. The zero-order valence-electron chi connectivity index (χ0n) is 11.7. The molecule has 5 heteroatoms. The summed E-state index contributed by atoms with van der Waals surface area (Å²) < 4.78 is 10.7. The van der Waals surface area contributed by atoms with E-state index in [0.29, 0.717) is 11.3 Å². The number of allylic oxidation sites excluding steroid dienone is 2. The highest BCUT2D eigenvalue weighted by atomic mass is 16.5. The average Bonchev–Trinajstić information content (AvgIpc) is 2.80. The molecule has 1 heterocycles. The summed E-state index contributed by atoms with van der Waals surface area (Å²) in [6, 6.07) is 3.43. The van der Waals surface area contributed by atoms with Crippen molar-refractivity contribution in [3.05, 3.63) is 47.1 Å². The number of carbonyl (C=O) groups is 2. The first-order valence-corrected chi connectivity index (χ1v) is 6.50. The van der Waals surface area contributed by atoms with Crippen LogP contribution in [0.5, 0.6) is 11.5 Å². The molecule has 0 radical (unpaired) electrons. The molecule has 1 aromatic rings. The number of phenolic OH excluding ortho intramolecular Hbond substituents is 1. The molecule has 5 nitrogen and oxygen atoms in total. The Labute approximate surface area is 121 Å². The van der Waals surface area contributed by atoms with E-state index < -0.39 is 11.6 Å². The Morgan fingerprint density at radius 1 is 1.43 bits per heavy atom. The molecule has 0 unspecified atom stereocenters. The van der Waals surface area contributed by atoms with Gasteiger partial charge in [0.25, 0.3) is 0 Å². The Bertz CT molecular complexity index is 714. The monoisotopic (exact) mass is 286 g/mol. The van der Waals surface area contributed by atoms with E-state index in [2.05, 4.69) is 0 Å². The van der Waals surface area contributed by atoms with Crippen molar-refractivity contribution in [2.24, 2.45) is 0 Å². The normalized spacial score (nSPS) is 22.8. The lowest BCUT2D eigenvalue weighted by atomic mass is 9.84. The molecule has 21 heavy (non-hydrogen) atoms. The fraction of sp³-hybridized carbons (Fsp3) is 0.250. The highest BCUT2D eigenvalue weighted by Crippen LogP contribution is 2.45. The molecule has 108 valence electrons. The van der Waals surface area contributed by atoms with Gasteiger partial charge in [-0.1, -0.05) is 0 Å². The number of hydrogen-bond donors (Lipinski definition) is 1. The van der Waals surface area contributed by atoms with E-state index in [9.17, 15) is 14.7 Å². The quantitative estimate of drug-likeness (QED) is 0.794. The fourth-order valence-corrected chi connectivity index (χ4v) is 2.73. The van der Waals surface area contributed by atoms with Crippen LogP contribution >= 0.6 is 0 Å². The summed E-state index contributed by atoms with van der Waals surface area (Å²) in [5.41, 5.74) is 0.525. The maximum atomic E-state index is 12.0. The summed E-state index contributed by atoms with van der Waals surface area (Å²) in [6.45, 7) is 1.84. The Morgan fingerprint density at radius 2 is 2.19 bits per heavy atom. The third-order valence-corrected chi connectivity index (χ3v) is 3.73. The zero-order valence-corrected chi connectivity index (χ0v) is 11.7. The van der Waals surface area contributed by atoms with Gasteiger partial charge in [-0.25, -0.2) is 4.79 Å². The van der Waals surface area contributed by atoms with Gasteiger partial charge < -0.3 is 14.6 Å². The number of esters is 1. The number of methoxy groups -OCH3 is 1. The summed E-state index contributed by atoms with van der Waals surface area (Å²) in [7, 11) is 1.25. The van der Waals surface area contributed by atoms with E-state index >= 15 is 0 Å². The molecule has 0 aromatic heterocycles. The van der Waals surface area contributed by atoms with E-state index in [0.717, 1.165) is 5.56 Å². The summed E-state index contributed by atoms with van der Waals surface area (Å²) in [4.78, 5) is 23.5. The van der Waals surface area contributed by atoms with Gasteiger partial charge in [-0.15, -0.1) is 0 Å². The lowest BCUT2D eigenvalue weighted by Gasteiger charge is -2.28. The first kappa shape index (κ1) is 13.4. The third-order valence-electron chi connectivity index (χ3n) is 3.73. The van der Waals surface area contributed by atoms with Crippen LogP contribution in [-0.2, 0) is 20.7 Å². The van der Waals surface area contributed by atoms with Gasteiger partial charge in [0, 0.05) is 18.1 Å². The Balaban J connectivity index is 2.09. The van der Waals surface area contributed by atoms with Crippen LogP contribution in [0.3, 0.4) is 0 Å². The predicted octanol–water partition coefficient (Wildman–Crippen LogP) is 1.61. The molecule has 1 aliphatic heterocycles. The Morgan fingerprint density at radius 3 is 2.90 bits per heavy atom. The van der Waals surface area contributed by atoms with E-state index in [4.69, 9.17) is 9.47 Å². The zero-order chi connectivity index (χ0) is 15.2. The van der Waals surface area contributed by atoms with Crippen molar-refractivity contribution in [1.82, 2.24) is 0 Å². The Kier molecular flexibility index (Phi) is 2.86. The predicted molar refractivity (Wildman–Crippen MR) is 74.2 cm³/mol. The van der Waals surface area contributed by atoms with Gasteiger partial charge in [0.2, 0.25) is 0 Å². The topological polar surface area (TPSA) is 72.8 Å². The second-order valence-corrected chi connectivity index (χ2v) is 5.21. The van der Waals surface area contributed by atoms with Crippen LogP contribution in [-0.4, -0.2) is 29.6 Å². The van der Waals surface area contributed by atoms with Gasteiger partial charge in [-0.2, -0.15) is 0 Å². The van der Waals surface area contributed by atoms with Crippen molar-refractivity contribution in [1.29, 1.82) is 0 Å². The van der Waals surface area contributed by atoms with Crippen LogP contribution in [0.2, 0.25) is 0 Å². The molecule has 0 saturated carbocycles. The van der Waals surface area contributed by atoms with E-state index in [1.807, 2.05) is 6.92 Å². The SMILES string of the molecule is COC(=O)C1=CC(=O)C=C[C@@]12Cc1c(O)cc(C)cc1O2. The van der Waals surface area contributed by atoms with Crippen molar-refractivity contribution in [3.8, 4) is 11.5 Å². The largest absolute Gasteiger partial charge is 0.508 e. The number of fused-ring (bicyclic) bond motifs is 1. The number of aryl methyl sites for hydroxylation is 1. The highest BCUT2D eigenvalue weighted by Gasteiger charge is 2.47. The van der Waals surface area contributed by atoms with Crippen molar-refractivity contribution in [3.63, 3.8) is 0 Å². The first-order valence-electron chi connectivity index (χ1n) is 6.50. The minimum Gasteiger partial charge on any atom is -0.508 e. The smallest absolute Gasteiger partial charge is 0.338 e. The molecule has 0 fully saturated rings. The number of hydrogen-bond acceptors (Lipinski definition) is 5. The molecule has 0 saturated heterocycles. The average molecular weight is 286 g/mol. The van der Waals surface area contributed by atoms with E-state index in [1.54, 1.807) is 18.2 Å². The molecular weight excluding hydrogens is 272 g/mol. The van der Waals surface area contributed by atoms with E-state index in [1.165, 1.54) is 19.3 Å². The minimum atomic E-state index is -1.09. The summed E-state index contributed by atoms with van der Waals surface area (Å²) in [6.07, 6.45) is 4.42. The van der Waals surface area contributed by atoms with Gasteiger partial charge >= 0.3 is 5.97 Å². The number of benzene rings is 1. The minimum absolute atomic E-state index is 0.122. The molecule has 1 aromatic carbocycles. The molecule has 3 rings (SSSR count). The molecule has 2 aliphatic rings. The number of phenols is 1. The summed E-state index contributed by atoms with van der Waals surface area (Å²) >= 11 is 0. The number of aromatic hydroxyl groups is 1. The molecule has 1 atom stereocenters. The maximum Gasteiger partial charge on any atom is 0.338 e. The number of carbonyl (C=O) groups excluding carboxylic acids is 2. The molecular formula is C16H14O5. The fourth-order valence-electron chi connectivity index (χ4n) is 2.73. The third kappa shape index (κ3) is 2.01. The summed E-state index contributed by atoms with van der Waals surface area (Å²) in [5, 5.41) is 10.1. The number of ketones is 1. The maximum absolute atomic E-state index is 12.0. The van der Waals surface area contributed by atoms with Gasteiger partial charge in [0.1, 0.15) is 11.5 Å². The van der Waals surface area contributed by atoms with Gasteiger partial charge in [0.05, 0.1) is 12.7 Å². The second kappa shape index (κ2) is 4.48. The second-order valence-electron chi connectivity index (χ2n) is 5.21. The van der Waals surface area contributed by atoms with Crippen LogP contribution in [0, 0.1) is 6.92 Å². The van der Waals surface area contributed by atoms with Gasteiger partial charge in [-0.05, 0) is 36.8 Å². The van der Waals surface area contributed by atoms with Crippen LogP contribution in [0.1, 0.15) is 11.1 Å². The van der Waals surface area contributed by atoms with Crippen molar-refractivity contribution < 1.29 is 24.2 Å². The molecule has 1 aliphatic carbocycles. The Hall–Kier alpha value is -2.56. The molecule has 1 N–H and O–H groups in total. The van der Waals surface area contributed by atoms with Crippen molar-refractivity contribution in [2.45, 2.75) is 18.9 Å². The van der Waals surface area contributed by atoms with Crippen LogP contribution in [0.25, 0.3) is 0 Å². The molecule has 0 bridgehead atoms. The molecule has 0 amide bonds. The number of ether oxygens (including phenoxy) is 2. The van der Waals surface area contributed by atoms with Crippen molar-refractivity contribution >= 4 is 11.8 Å². The summed E-state index contributed by atoms with van der Waals surface area (Å²) in [5.74, 6) is -0.268. The lowest BCUT2D eigenvalue weighted by Crippen LogP contribution is -2.40. The van der Waals surface area contributed by atoms with Crippen LogP contribution < -0.4 is 4.74 Å². The number of rotatable bonds is 1. The van der Waals surface area contributed by atoms with Crippen LogP contribution in [0.15, 0.2) is 35.9 Å². The molecule has 1 spiro atoms. The van der Waals surface area contributed by atoms with Crippen molar-refractivity contribution in [2.75, 3.05) is 7.11 Å². The van der Waals surface area contributed by atoms with Gasteiger partial charge in [-0.3, -0.25) is 4.79 Å². The van der Waals surface area contributed by atoms with Gasteiger partial charge in [0.15, 0.2) is 11.4 Å².